The number of carbonyl (C=O) groups excluding carboxylic acids is 2. The van der Waals surface area contributed by atoms with Crippen molar-refractivity contribution < 1.29 is 14.0 Å². The van der Waals surface area contributed by atoms with E-state index in [1.165, 1.54) is 12.1 Å². The molecule has 136 valence electrons. The molecule has 5 nitrogen and oxygen atoms in total. The smallest absolute Gasteiger partial charge is 0.253 e. The maximum Gasteiger partial charge on any atom is 0.253 e. The van der Waals surface area contributed by atoms with Crippen LogP contribution in [0.2, 0.25) is 0 Å². The molecule has 0 aromatic heterocycles. The van der Waals surface area contributed by atoms with E-state index in [1.54, 1.807) is 41.3 Å². The first-order valence-corrected chi connectivity index (χ1v) is 8.70. The Balaban J connectivity index is 1.48. The second-order valence-electron chi connectivity index (χ2n) is 6.53. The highest BCUT2D eigenvalue weighted by atomic mass is 19.1. The fourth-order valence-electron chi connectivity index (χ4n) is 3.09. The highest BCUT2D eigenvalue weighted by Crippen LogP contribution is 2.20. The van der Waals surface area contributed by atoms with Crippen LogP contribution in [0.3, 0.4) is 0 Å². The largest absolute Gasteiger partial charge is 0.399 e. The van der Waals surface area contributed by atoms with Gasteiger partial charge in [-0.3, -0.25) is 9.59 Å². The first-order chi connectivity index (χ1) is 12.5. The normalized spacial score (nSPS) is 14.9. The molecule has 0 unspecified atom stereocenters. The fourth-order valence-corrected chi connectivity index (χ4v) is 3.09. The minimum atomic E-state index is -0.293. The van der Waals surface area contributed by atoms with Crippen molar-refractivity contribution in [1.29, 1.82) is 0 Å². The van der Waals surface area contributed by atoms with Gasteiger partial charge in [-0.2, -0.15) is 0 Å². The number of benzene rings is 2. The van der Waals surface area contributed by atoms with Crippen molar-refractivity contribution >= 4 is 17.5 Å². The minimum absolute atomic E-state index is 0.0195. The van der Waals surface area contributed by atoms with Crippen LogP contribution in [0.4, 0.5) is 10.1 Å². The summed E-state index contributed by atoms with van der Waals surface area (Å²) >= 11 is 0. The monoisotopic (exact) mass is 355 g/mol. The summed E-state index contributed by atoms with van der Waals surface area (Å²) in [5, 5.41) is 2.89. The Morgan fingerprint density at radius 3 is 2.27 bits per heavy atom. The lowest BCUT2D eigenvalue weighted by atomic mass is 9.95. The number of piperidine rings is 1. The van der Waals surface area contributed by atoms with E-state index in [1.807, 2.05) is 0 Å². The highest BCUT2D eigenvalue weighted by Gasteiger charge is 2.27. The van der Waals surface area contributed by atoms with Crippen LogP contribution in [0.5, 0.6) is 0 Å². The molecule has 3 rings (SSSR count). The lowest BCUT2D eigenvalue weighted by Gasteiger charge is -2.31. The maximum atomic E-state index is 12.9. The number of likely N-dealkylation sites (tertiary alicyclic amines) is 1. The van der Waals surface area contributed by atoms with Gasteiger partial charge in [0, 0.05) is 36.8 Å². The van der Waals surface area contributed by atoms with Gasteiger partial charge in [0.25, 0.3) is 5.91 Å². The Morgan fingerprint density at radius 1 is 1.04 bits per heavy atom. The van der Waals surface area contributed by atoms with Crippen molar-refractivity contribution in [2.45, 2.75) is 19.4 Å². The van der Waals surface area contributed by atoms with Crippen LogP contribution < -0.4 is 11.1 Å². The van der Waals surface area contributed by atoms with Crippen LogP contribution in [0, 0.1) is 11.7 Å². The van der Waals surface area contributed by atoms with Gasteiger partial charge in [-0.1, -0.05) is 12.1 Å². The predicted octanol–water partition coefficient (Wildman–Crippen LogP) is 2.58. The Kier molecular flexibility index (Phi) is 5.51. The number of halogens is 1. The van der Waals surface area contributed by atoms with E-state index >= 15 is 0 Å². The molecule has 2 aromatic rings. The molecule has 2 amide bonds. The molecule has 1 saturated heterocycles. The van der Waals surface area contributed by atoms with E-state index in [-0.39, 0.29) is 23.5 Å². The number of nitrogens with two attached hydrogens (primary N) is 1. The van der Waals surface area contributed by atoms with Crippen LogP contribution in [-0.4, -0.2) is 29.8 Å². The fraction of sp³-hybridized carbons (Fsp3) is 0.300. The summed E-state index contributed by atoms with van der Waals surface area (Å²) in [6.45, 7) is 1.49. The number of rotatable bonds is 4. The number of nitrogen functional groups attached to an aromatic ring is 1. The Morgan fingerprint density at radius 2 is 1.65 bits per heavy atom. The van der Waals surface area contributed by atoms with Crippen LogP contribution in [-0.2, 0) is 11.3 Å². The lowest BCUT2D eigenvalue weighted by molar-refractivity contribution is -0.126. The second-order valence-corrected chi connectivity index (χ2v) is 6.53. The molecule has 1 aliphatic heterocycles. The molecule has 1 heterocycles. The number of carbonyl (C=O) groups is 2. The van der Waals surface area contributed by atoms with E-state index in [2.05, 4.69) is 5.32 Å². The third-order valence-electron chi connectivity index (χ3n) is 4.69. The van der Waals surface area contributed by atoms with Gasteiger partial charge in [-0.25, -0.2) is 4.39 Å². The maximum absolute atomic E-state index is 12.9. The molecule has 2 aromatic carbocycles. The Bertz CT molecular complexity index is 767. The Labute approximate surface area is 152 Å². The van der Waals surface area contributed by atoms with E-state index in [0.29, 0.717) is 43.7 Å². The van der Waals surface area contributed by atoms with Crippen molar-refractivity contribution in [2.24, 2.45) is 5.92 Å². The average Bonchev–Trinajstić information content (AvgIpc) is 2.67. The summed E-state index contributed by atoms with van der Waals surface area (Å²) in [6.07, 6.45) is 1.27. The van der Waals surface area contributed by atoms with Crippen molar-refractivity contribution in [3.8, 4) is 0 Å². The lowest BCUT2D eigenvalue weighted by Crippen LogP contribution is -2.42. The third-order valence-corrected chi connectivity index (χ3v) is 4.69. The summed E-state index contributed by atoms with van der Waals surface area (Å²) in [6, 6.07) is 12.9. The number of anilines is 1. The van der Waals surface area contributed by atoms with Gasteiger partial charge in [-0.05, 0) is 54.8 Å². The Hall–Kier alpha value is -2.89. The molecule has 6 heteroatoms. The SMILES string of the molecule is Nc1ccc(C(=O)N2CCC(C(=O)NCc3ccc(F)cc3)CC2)cc1. The van der Waals surface area contributed by atoms with Crippen LogP contribution >= 0.6 is 0 Å². The predicted molar refractivity (Wildman–Crippen MR) is 97.7 cm³/mol. The van der Waals surface area contributed by atoms with Gasteiger partial charge in [0.05, 0.1) is 0 Å². The van der Waals surface area contributed by atoms with Crippen LogP contribution in [0.25, 0.3) is 0 Å². The minimum Gasteiger partial charge on any atom is -0.399 e. The topological polar surface area (TPSA) is 75.4 Å². The zero-order valence-electron chi connectivity index (χ0n) is 14.5. The van der Waals surface area contributed by atoms with E-state index in [0.717, 1.165) is 5.56 Å². The van der Waals surface area contributed by atoms with Crippen LogP contribution in [0.1, 0.15) is 28.8 Å². The molecule has 0 atom stereocenters. The average molecular weight is 355 g/mol. The van der Waals surface area contributed by atoms with Crippen molar-refractivity contribution in [1.82, 2.24) is 10.2 Å². The molecule has 0 spiro atoms. The summed E-state index contributed by atoms with van der Waals surface area (Å²) < 4.78 is 12.9. The second kappa shape index (κ2) is 7.99. The molecular formula is C20H22FN3O2. The van der Waals surface area contributed by atoms with Gasteiger partial charge in [-0.15, -0.1) is 0 Å². The highest BCUT2D eigenvalue weighted by molar-refractivity contribution is 5.94. The van der Waals surface area contributed by atoms with E-state index in [4.69, 9.17) is 5.73 Å². The summed E-state index contributed by atoms with van der Waals surface area (Å²) in [4.78, 5) is 26.6. The standard InChI is InChI=1S/C20H22FN3O2/c21-17-5-1-14(2-6-17)13-23-19(25)15-9-11-24(12-10-15)20(26)16-3-7-18(22)8-4-16/h1-8,15H,9-13,22H2,(H,23,25). The molecule has 0 radical (unpaired) electrons. The molecule has 0 bridgehead atoms. The van der Waals surface area contributed by atoms with Crippen molar-refractivity contribution in [3.63, 3.8) is 0 Å². The van der Waals surface area contributed by atoms with Crippen LogP contribution in [0.15, 0.2) is 48.5 Å². The molecule has 3 N–H and O–H groups in total. The van der Waals surface area contributed by atoms with E-state index in [9.17, 15) is 14.0 Å². The van der Waals surface area contributed by atoms with Crippen molar-refractivity contribution in [3.05, 3.63) is 65.5 Å². The molecular weight excluding hydrogens is 333 g/mol. The number of hydrogen-bond donors (Lipinski definition) is 2. The molecule has 26 heavy (non-hydrogen) atoms. The molecule has 1 fully saturated rings. The molecule has 0 aliphatic carbocycles. The summed E-state index contributed by atoms with van der Waals surface area (Å²) in [5.74, 6) is -0.451. The summed E-state index contributed by atoms with van der Waals surface area (Å²) in [7, 11) is 0. The number of hydrogen-bond acceptors (Lipinski definition) is 3. The number of nitrogens with one attached hydrogen (secondary N) is 1. The van der Waals surface area contributed by atoms with Gasteiger partial charge < -0.3 is 16.0 Å². The number of amides is 2. The quantitative estimate of drug-likeness (QED) is 0.828. The van der Waals surface area contributed by atoms with E-state index < -0.39 is 0 Å². The zero-order valence-corrected chi connectivity index (χ0v) is 14.5. The number of nitrogens with zero attached hydrogens (tertiary/aromatic N) is 1. The van der Waals surface area contributed by atoms with Gasteiger partial charge >= 0.3 is 0 Å². The first-order valence-electron chi connectivity index (χ1n) is 8.70. The molecule has 0 saturated carbocycles. The van der Waals surface area contributed by atoms with Crippen molar-refractivity contribution in [2.75, 3.05) is 18.8 Å². The summed E-state index contributed by atoms with van der Waals surface area (Å²) in [5.41, 5.74) is 7.74. The third kappa shape index (κ3) is 4.39. The van der Waals surface area contributed by atoms with Gasteiger partial charge in [0.1, 0.15) is 5.82 Å². The zero-order chi connectivity index (χ0) is 18.5. The molecule has 1 aliphatic rings. The first kappa shape index (κ1) is 17.9. The van der Waals surface area contributed by atoms with Gasteiger partial charge in [0.15, 0.2) is 0 Å². The van der Waals surface area contributed by atoms with Gasteiger partial charge in [0.2, 0.25) is 5.91 Å².